The largest absolute Gasteiger partial charge is 0.344 e. The maximum Gasteiger partial charge on any atom is 0.234 e. The molecule has 0 aliphatic heterocycles. The first kappa shape index (κ1) is 14.0. The highest BCUT2D eigenvalue weighted by Gasteiger charge is 2.24. The van der Waals surface area contributed by atoms with Crippen LogP contribution in [-0.4, -0.2) is 37.0 Å². The Kier molecular flexibility index (Phi) is 5.38. The van der Waals surface area contributed by atoms with Crippen molar-refractivity contribution in [3.63, 3.8) is 0 Å². The van der Waals surface area contributed by atoms with Crippen LogP contribution in [-0.2, 0) is 4.79 Å². The van der Waals surface area contributed by atoms with Gasteiger partial charge in [0.2, 0.25) is 5.91 Å². The number of terminal acetylenes is 1. The smallest absolute Gasteiger partial charge is 0.234 e. The summed E-state index contributed by atoms with van der Waals surface area (Å²) >= 11 is 0. The summed E-state index contributed by atoms with van der Waals surface area (Å²) in [5.41, 5.74) is 0.168. The Morgan fingerprint density at radius 2 is 2.07 bits per heavy atom. The van der Waals surface area contributed by atoms with Crippen molar-refractivity contribution in [1.29, 1.82) is 0 Å². The number of rotatable bonds is 4. The summed E-state index contributed by atoms with van der Waals surface area (Å²) in [5.74, 6) is 2.36. The zero-order chi connectivity index (χ0) is 12.1. The van der Waals surface area contributed by atoms with E-state index in [0.29, 0.717) is 19.1 Å². The van der Waals surface area contributed by atoms with Crippen LogP contribution in [0, 0.1) is 17.8 Å². The summed E-state index contributed by atoms with van der Waals surface area (Å²) in [5, 5.41) is 2.65. The molecule has 15 heavy (non-hydrogen) atoms. The van der Waals surface area contributed by atoms with Crippen LogP contribution in [0.1, 0.15) is 27.7 Å². The van der Waals surface area contributed by atoms with E-state index >= 15 is 0 Å². The number of nitrogens with one attached hydrogen (secondary N) is 1. The van der Waals surface area contributed by atoms with Crippen LogP contribution in [0.15, 0.2) is 0 Å². The fourth-order valence-corrected chi connectivity index (χ4v) is 1.23. The van der Waals surface area contributed by atoms with E-state index in [1.54, 1.807) is 0 Å². The molecule has 0 aliphatic rings. The lowest BCUT2D eigenvalue weighted by atomic mass is 9.87. The zero-order valence-corrected chi connectivity index (χ0v) is 10.4. The average Bonchev–Trinajstić information content (AvgIpc) is 2.11. The first-order valence-electron chi connectivity index (χ1n) is 5.19. The predicted molar refractivity (Wildman–Crippen MR) is 63.4 cm³/mol. The fraction of sp³-hybridized carbons (Fsp3) is 0.750. The van der Waals surface area contributed by atoms with Crippen molar-refractivity contribution in [2.24, 2.45) is 5.41 Å². The first-order valence-corrected chi connectivity index (χ1v) is 5.19. The Morgan fingerprint density at radius 1 is 1.53 bits per heavy atom. The molecule has 0 spiro atoms. The summed E-state index contributed by atoms with van der Waals surface area (Å²) in [6.45, 7) is 9.29. The highest BCUT2D eigenvalue weighted by Crippen LogP contribution is 2.22. The van der Waals surface area contributed by atoms with Gasteiger partial charge in [-0.1, -0.05) is 26.7 Å². The lowest BCUT2D eigenvalue weighted by Crippen LogP contribution is -2.44. The maximum absolute atomic E-state index is 11.4. The third-order valence-electron chi connectivity index (χ3n) is 2.70. The summed E-state index contributed by atoms with van der Waals surface area (Å²) in [4.78, 5) is 13.4. The van der Waals surface area contributed by atoms with Crippen molar-refractivity contribution in [3.05, 3.63) is 0 Å². The van der Waals surface area contributed by atoms with Crippen LogP contribution in [0.2, 0.25) is 0 Å². The van der Waals surface area contributed by atoms with E-state index in [0.717, 1.165) is 0 Å². The molecule has 0 saturated carbocycles. The molecule has 0 radical (unpaired) electrons. The third-order valence-corrected chi connectivity index (χ3v) is 2.70. The van der Waals surface area contributed by atoms with Crippen LogP contribution in [0.5, 0.6) is 0 Å². The molecule has 1 atom stereocenters. The van der Waals surface area contributed by atoms with Gasteiger partial charge in [-0.15, -0.1) is 6.42 Å². The summed E-state index contributed by atoms with van der Waals surface area (Å²) in [6, 6.07) is 0.342. The molecule has 3 heteroatoms. The normalized spacial score (nSPS) is 13.4. The van der Waals surface area contributed by atoms with Crippen LogP contribution in [0.4, 0.5) is 0 Å². The van der Waals surface area contributed by atoms with Crippen molar-refractivity contribution in [1.82, 2.24) is 10.2 Å². The number of carbonyl (C=O) groups excluding carboxylic acids is 1. The second-order valence-corrected chi connectivity index (χ2v) is 4.94. The molecule has 0 aliphatic carbocycles. The van der Waals surface area contributed by atoms with Gasteiger partial charge in [-0.2, -0.15) is 0 Å². The van der Waals surface area contributed by atoms with Gasteiger partial charge in [-0.25, -0.2) is 0 Å². The number of carbonyl (C=O) groups is 1. The quantitative estimate of drug-likeness (QED) is 0.705. The molecule has 1 N–H and O–H groups in total. The molecule has 0 saturated heterocycles. The molecule has 1 amide bonds. The van der Waals surface area contributed by atoms with Gasteiger partial charge in [0.05, 0.1) is 13.1 Å². The van der Waals surface area contributed by atoms with Gasteiger partial charge in [0.25, 0.3) is 0 Å². The number of nitrogens with zero attached hydrogens (tertiary/aromatic N) is 1. The number of hydrogen-bond acceptors (Lipinski definition) is 2. The van der Waals surface area contributed by atoms with Gasteiger partial charge < -0.3 is 5.32 Å². The van der Waals surface area contributed by atoms with Gasteiger partial charge >= 0.3 is 0 Å². The monoisotopic (exact) mass is 210 g/mol. The molecule has 0 rings (SSSR count). The van der Waals surface area contributed by atoms with Gasteiger partial charge in [0, 0.05) is 6.04 Å². The van der Waals surface area contributed by atoms with E-state index in [2.05, 4.69) is 38.9 Å². The van der Waals surface area contributed by atoms with Gasteiger partial charge in [0.1, 0.15) is 0 Å². The number of hydrogen-bond donors (Lipinski definition) is 1. The Labute approximate surface area is 93.2 Å². The Hall–Kier alpha value is -1.01. The van der Waals surface area contributed by atoms with E-state index in [1.807, 2.05) is 11.9 Å². The average molecular weight is 210 g/mol. The first-order chi connectivity index (χ1) is 6.79. The molecule has 0 bridgehead atoms. The SMILES string of the molecule is C#CCNC(=O)CN(C)C(C)C(C)(C)C. The minimum Gasteiger partial charge on any atom is -0.344 e. The Bertz CT molecular complexity index is 247. The second kappa shape index (κ2) is 5.77. The molecule has 1 unspecified atom stereocenters. The van der Waals surface area contributed by atoms with Gasteiger partial charge in [0.15, 0.2) is 0 Å². The van der Waals surface area contributed by atoms with Crippen LogP contribution >= 0.6 is 0 Å². The molecular formula is C12H22N2O. The predicted octanol–water partition coefficient (Wildman–Crippen LogP) is 1.10. The zero-order valence-electron chi connectivity index (χ0n) is 10.4. The lowest BCUT2D eigenvalue weighted by molar-refractivity contribution is -0.122. The summed E-state index contributed by atoms with van der Waals surface area (Å²) in [7, 11) is 1.95. The molecular weight excluding hydrogens is 188 g/mol. The summed E-state index contributed by atoms with van der Waals surface area (Å²) < 4.78 is 0. The van der Waals surface area contributed by atoms with E-state index in [-0.39, 0.29) is 11.3 Å². The highest BCUT2D eigenvalue weighted by atomic mass is 16.2. The van der Waals surface area contributed by atoms with Crippen molar-refractivity contribution in [2.75, 3.05) is 20.1 Å². The van der Waals surface area contributed by atoms with Crippen molar-refractivity contribution < 1.29 is 4.79 Å². The number of amides is 1. The molecule has 0 aromatic carbocycles. The van der Waals surface area contributed by atoms with Crippen molar-refractivity contribution in [2.45, 2.75) is 33.7 Å². The number of likely N-dealkylation sites (N-methyl/N-ethyl adjacent to an activating group) is 1. The van der Waals surface area contributed by atoms with E-state index in [1.165, 1.54) is 0 Å². The Balaban J connectivity index is 4.09. The fourth-order valence-electron chi connectivity index (χ4n) is 1.23. The molecule has 3 nitrogen and oxygen atoms in total. The third kappa shape index (κ3) is 5.44. The summed E-state index contributed by atoms with van der Waals surface area (Å²) in [6.07, 6.45) is 5.06. The highest BCUT2D eigenvalue weighted by molar-refractivity contribution is 5.78. The van der Waals surface area contributed by atoms with Crippen LogP contribution in [0.25, 0.3) is 0 Å². The molecule has 0 aromatic rings. The van der Waals surface area contributed by atoms with E-state index in [9.17, 15) is 4.79 Å². The minimum absolute atomic E-state index is 0.0217. The standard InChI is InChI=1S/C12H22N2O/c1-7-8-13-11(15)9-14(6)10(2)12(3,4)5/h1,10H,8-9H2,2-6H3,(H,13,15). The van der Waals surface area contributed by atoms with E-state index < -0.39 is 0 Å². The van der Waals surface area contributed by atoms with Crippen LogP contribution < -0.4 is 5.32 Å². The topological polar surface area (TPSA) is 32.3 Å². The van der Waals surface area contributed by atoms with Gasteiger partial charge in [-0.3, -0.25) is 9.69 Å². The lowest BCUT2D eigenvalue weighted by Gasteiger charge is -2.34. The van der Waals surface area contributed by atoms with Gasteiger partial charge in [-0.05, 0) is 19.4 Å². The molecule has 0 aromatic heterocycles. The van der Waals surface area contributed by atoms with Crippen molar-refractivity contribution >= 4 is 5.91 Å². The van der Waals surface area contributed by atoms with E-state index in [4.69, 9.17) is 6.42 Å². The Morgan fingerprint density at radius 3 is 2.47 bits per heavy atom. The molecule has 0 fully saturated rings. The minimum atomic E-state index is -0.0217. The molecule has 0 heterocycles. The maximum atomic E-state index is 11.4. The van der Waals surface area contributed by atoms with Crippen molar-refractivity contribution in [3.8, 4) is 12.3 Å². The molecule has 86 valence electrons. The second-order valence-electron chi connectivity index (χ2n) is 4.94. The van der Waals surface area contributed by atoms with Crippen LogP contribution in [0.3, 0.4) is 0 Å².